The van der Waals surface area contributed by atoms with Gasteiger partial charge in [0.05, 0.1) is 12.9 Å². The molecule has 1 heterocycles. The molecule has 0 aromatic heterocycles. The van der Waals surface area contributed by atoms with Crippen LogP contribution in [0.3, 0.4) is 0 Å². The van der Waals surface area contributed by atoms with Crippen LogP contribution in [0.5, 0.6) is 5.75 Å². The Bertz CT molecular complexity index is 674. The highest BCUT2D eigenvalue weighted by Gasteiger charge is 2.23. The first-order valence-corrected chi connectivity index (χ1v) is 10.9. The molecule has 1 aromatic carbocycles. The van der Waals surface area contributed by atoms with Crippen LogP contribution >= 0.6 is 11.8 Å². The molecule has 0 amide bonds. The van der Waals surface area contributed by atoms with Crippen LogP contribution in [0.15, 0.2) is 29.3 Å². The molecule has 7 nitrogen and oxygen atoms in total. The van der Waals surface area contributed by atoms with Crippen molar-refractivity contribution < 1.29 is 13.2 Å². The third kappa shape index (κ3) is 6.41. The number of hydrogen-bond donors (Lipinski definition) is 2. The minimum Gasteiger partial charge on any atom is -0.497 e. The normalized spacial score (nSPS) is 16.5. The predicted octanol–water partition coefficient (Wildman–Crippen LogP) is 0.739. The summed E-state index contributed by atoms with van der Waals surface area (Å²) in [6.45, 7) is 2.11. The van der Waals surface area contributed by atoms with Crippen molar-refractivity contribution in [3.8, 4) is 5.75 Å². The van der Waals surface area contributed by atoms with E-state index in [0.29, 0.717) is 32.1 Å². The Morgan fingerprint density at radius 2 is 2.08 bits per heavy atom. The molecule has 25 heavy (non-hydrogen) atoms. The fourth-order valence-corrected chi connectivity index (χ4v) is 4.93. The number of ether oxygens (including phenoxy) is 1. The summed E-state index contributed by atoms with van der Waals surface area (Å²) < 4.78 is 31.4. The van der Waals surface area contributed by atoms with Gasteiger partial charge in [0.2, 0.25) is 10.0 Å². The number of guanidine groups is 1. The molecule has 2 N–H and O–H groups in total. The van der Waals surface area contributed by atoms with Crippen LogP contribution < -0.4 is 15.4 Å². The molecule has 1 aromatic rings. The lowest BCUT2D eigenvalue weighted by Crippen LogP contribution is -2.44. The highest BCUT2D eigenvalue weighted by atomic mass is 32.2. The fraction of sp³-hybridized carbons (Fsp3) is 0.562. The summed E-state index contributed by atoms with van der Waals surface area (Å²) in [7, 11) is 0.0922. The standard InChI is InChI=1S/C16H26N4O3S2/c1-17-16(19-13-14-4-3-5-15(12-14)23-2)18-6-11-25(21,22)20-7-9-24-10-8-20/h3-5,12H,6-11,13H2,1-2H3,(H2,17,18,19). The summed E-state index contributed by atoms with van der Waals surface area (Å²) in [6.07, 6.45) is 0. The topological polar surface area (TPSA) is 83.0 Å². The number of thioether (sulfide) groups is 1. The number of nitrogens with one attached hydrogen (secondary N) is 2. The number of aliphatic imine (C=N–C) groups is 1. The summed E-state index contributed by atoms with van der Waals surface area (Å²) in [5.74, 6) is 3.19. The Balaban J connectivity index is 1.78. The molecule has 0 saturated carbocycles. The maximum absolute atomic E-state index is 12.3. The van der Waals surface area contributed by atoms with E-state index in [1.165, 1.54) is 0 Å². The molecule has 9 heteroatoms. The second-order valence-corrected chi connectivity index (χ2v) is 8.84. The van der Waals surface area contributed by atoms with Crippen LogP contribution in [0.1, 0.15) is 5.56 Å². The first-order valence-electron chi connectivity index (χ1n) is 8.18. The molecule has 1 aliphatic heterocycles. The minimum atomic E-state index is -3.21. The third-order valence-corrected chi connectivity index (χ3v) is 6.65. The first kappa shape index (κ1) is 19.9. The molecule has 0 unspecified atom stereocenters. The summed E-state index contributed by atoms with van der Waals surface area (Å²) in [5, 5.41) is 6.23. The van der Waals surface area contributed by atoms with E-state index in [2.05, 4.69) is 15.6 Å². The van der Waals surface area contributed by atoms with Crippen molar-refractivity contribution in [3.05, 3.63) is 29.8 Å². The van der Waals surface area contributed by atoms with Crippen LogP contribution in [0, 0.1) is 0 Å². The molecule has 0 bridgehead atoms. The molecule has 2 rings (SSSR count). The van der Waals surface area contributed by atoms with Crippen molar-refractivity contribution in [3.63, 3.8) is 0 Å². The SMILES string of the molecule is CN=C(NCCS(=O)(=O)N1CCSCC1)NCc1cccc(OC)c1. The summed E-state index contributed by atoms with van der Waals surface area (Å²) >= 11 is 1.79. The zero-order chi connectivity index (χ0) is 18.1. The average Bonchev–Trinajstić information content (AvgIpc) is 2.65. The Morgan fingerprint density at radius 1 is 1.32 bits per heavy atom. The number of hydrogen-bond acceptors (Lipinski definition) is 5. The monoisotopic (exact) mass is 386 g/mol. The smallest absolute Gasteiger partial charge is 0.215 e. The van der Waals surface area contributed by atoms with Gasteiger partial charge in [-0.05, 0) is 17.7 Å². The van der Waals surface area contributed by atoms with Gasteiger partial charge in [0, 0.05) is 44.7 Å². The van der Waals surface area contributed by atoms with Gasteiger partial charge in [-0.3, -0.25) is 4.99 Å². The van der Waals surface area contributed by atoms with Crippen LogP contribution in [0.2, 0.25) is 0 Å². The second kappa shape index (κ2) is 9.88. The van der Waals surface area contributed by atoms with Gasteiger partial charge in [0.1, 0.15) is 5.75 Å². The van der Waals surface area contributed by atoms with Crippen LogP contribution in [0.25, 0.3) is 0 Å². The molecule has 0 aliphatic carbocycles. The summed E-state index contributed by atoms with van der Waals surface area (Å²) in [6, 6.07) is 7.75. The van der Waals surface area contributed by atoms with Crippen molar-refractivity contribution in [2.45, 2.75) is 6.54 Å². The largest absolute Gasteiger partial charge is 0.497 e. The lowest BCUT2D eigenvalue weighted by Gasteiger charge is -2.25. The van der Waals surface area contributed by atoms with Gasteiger partial charge in [-0.2, -0.15) is 11.8 Å². The van der Waals surface area contributed by atoms with Crippen molar-refractivity contribution in [2.24, 2.45) is 4.99 Å². The average molecular weight is 387 g/mol. The lowest BCUT2D eigenvalue weighted by atomic mass is 10.2. The number of rotatable bonds is 7. The number of sulfonamides is 1. The first-order chi connectivity index (χ1) is 12.0. The van der Waals surface area contributed by atoms with E-state index in [1.807, 2.05) is 24.3 Å². The molecule has 1 fully saturated rings. The van der Waals surface area contributed by atoms with Gasteiger partial charge in [0.15, 0.2) is 5.96 Å². The van der Waals surface area contributed by atoms with E-state index >= 15 is 0 Å². The summed E-state index contributed by atoms with van der Waals surface area (Å²) in [4.78, 5) is 4.13. The zero-order valence-electron chi connectivity index (χ0n) is 14.7. The maximum Gasteiger partial charge on any atom is 0.215 e. The molecular weight excluding hydrogens is 360 g/mol. The van der Waals surface area contributed by atoms with Gasteiger partial charge >= 0.3 is 0 Å². The number of methoxy groups -OCH3 is 1. The van der Waals surface area contributed by atoms with Gasteiger partial charge in [-0.15, -0.1) is 0 Å². The van der Waals surface area contributed by atoms with Crippen LogP contribution in [-0.2, 0) is 16.6 Å². The Kier molecular flexibility index (Phi) is 7.86. The molecular formula is C16H26N4O3S2. The quantitative estimate of drug-likeness (QED) is 0.531. The van der Waals surface area contributed by atoms with E-state index in [0.717, 1.165) is 22.8 Å². The van der Waals surface area contributed by atoms with Crippen LogP contribution in [-0.4, -0.2) is 69.7 Å². The van der Waals surface area contributed by atoms with Crippen molar-refractivity contribution in [1.29, 1.82) is 0 Å². The second-order valence-electron chi connectivity index (χ2n) is 5.53. The predicted molar refractivity (Wildman–Crippen MR) is 104 cm³/mol. The van der Waals surface area contributed by atoms with Crippen molar-refractivity contribution in [2.75, 3.05) is 51.1 Å². The van der Waals surface area contributed by atoms with E-state index in [9.17, 15) is 8.42 Å². The van der Waals surface area contributed by atoms with E-state index in [4.69, 9.17) is 4.74 Å². The Hall–Kier alpha value is -1.45. The maximum atomic E-state index is 12.3. The highest BCUT2D eigenvalue weighted by molar-refractivity contribution is 7.99. The third-order valence-electron chi connectivity index (χ3n) is 3.83. The molecule has 140 valence electrons. The molecule has 0 radical (unpaired) electrons. The highest BCUT2D eigenvalue weighted by Crippen LogP contribution is 2.13. The number of benzene rings is 1. The van der Waals surface area contributed by atoms with Gasteiger partial charge < -0.3 is 15.4 Å². The van der Waals surface area contributed by atoms with Gasteiger partial charge in [-0.25, -0.2) is 12.7 Å². The van der Waals surface area contributed by atoms with E-state index in [1.54, 1.807) is 30.2 Å². The Labute approximate surface area is 154 Å². The van der Waals surface area contributed by atoms with Crippen molar-refractivity contribution in [1.82, 2.24) is 14.9 Å². The van der Waals surface area contributed by atoms with E-state index < -0.39 is 10.0 Å². The van der Waals surface area contributed by atoms with E-state index in [-0.39, 0.29) is 5.75 Å². The molecule has 0 spiro atoms. The molecule has 1 saturated heterocycles. The molecule has 0 atom stereocenters. The number of nitrogens with zero attached hydrogens (tertiary/aromatic N) is 2. The minimum absolute atomic E-state index is 0.0670. The van der Waals surface area contributed by atoms with Crippen LogP contribution in [0.4, 0.5) is 0 Å². The van der Waals surface area contributed by atoms with Gasteiger partial charge in [0.25, 0.3) is 0 Å². The zero-order valence-corrected chi connectivity index (χ0v) is 16.3. The summed E-state index contributed by atoms with van der Waals surface area (Å²) in [5.41, 5.74) is 1.06. The Morgan fingerprint density at radius 3 is 2.76 bits per heavy atom. The molecule has 1 aliphatic rings. The lowest BCUT2D eigenvalue weighted by molar-refractivity contribution is 0.414. The fourth-order valence-electron chi connectivity index (χ4n) is 2.44. The van der Waals surface area contributed by atoms with Gasteiger partial charge in [-0.1, -0.05) is 12.1 Å². The van der Waals surface area contributed by atoms with Crippen molar-refractivity contribution >= 4 is 27.7 Å².